The molecule has 0 spiro atoms. The van der Waals surface area contributed by atoms with Crippen molar-refractivity contribution in [3.05, 3.63) is 29.9 Å². The van der Waals surface area contributed by atoms with Gasteiger partial charge in [-0.1, -0.05) is 6.58 Å². The van der Waals surface area contributed by atoms with Crippen molar-refractivity contribution in [2.75, 3.05) is 13.2 Å². The summed E-state index contributed by atoms with van der Waals surface area (Å²) in [4.78, 5) is 0. The fourth-order valence-electron chi connectivity index (χ4n) is 0.719. The topological polar surface area (TPSA) is 42.2 Å². The molecule has 0 aromatic rings. The van der Waals surface area contributed by atoms with Gasteiger partial charge in [0.15, 0.2) is 5.76 Å². The predicted octanol–water partition coefficient (Wildman–Crippen LogP) is 1.11. The zero-order valence-electron chi connectivity index (χ0n) is 5.96. The lowest BCUT2D eigenvalue weighted by Gasteiger charge is -2.14. The highest BCUT2D eigenvalue weighted by Gasteiger charge is 2.11. The van der Waals surface area contributed by atoms with Gasteiger partial charge in [0.2, 0.25) is 5.76 Å². The van der Waals surface area contributed by atoms with Crippen LogP contribution in [0.1, 0.15) is 0 Å². The molecule has 0 aliphatic carbocycles. The summed E-state index contributed by atoms with van der Waals surface area (Å²) in [6, 6.07) is 1.87. The maximum Gasteiger partial charge on any atom is 0.240 e. The predicted molar refractivity (Wildman–Crippen MR) is 38.3 cm³/mol. The second-order valence-corrected chi connectivity index (χ2v) is 1.85. The molecular formula is C8H7NO2. The minimum Gasteiger partial charge on any atom is -0.485 e. The Kier molecular flexibility index (Phi) is 2.37. The molecule has 0 fully saturated rings. The number of hydrogen-bond acceptors (Lipinski definition) is 3. The number of hydrogen-bond donors (Lipinski definition) is 0. The Balaban J connectivity index is 2.92. The molecule has 0 saturated carbocycles. The van der Waals surface area contributed by atoms with E-state index in [4.69, 9.17) is 14.7 Å². The quantitative estimate of drug-likeness (QED) is 0.524. The average Bonchev–Trinajstić information content (AvgIpc) is 2.06. The largest absolute Gasteiger partial charge is 0.485 e. The number of ether oxygens (including phenoxy) is 2. The minimum absolute atomic E-state index is 0.201. The number of rotatable bonds is 1. The Bertz CT molecular complexity index is 266. The summed E-state index contributed by atoms with van der Waals surface area (Å²) in [5, 5.41) is 8.51. The maximum absolute atomic E-state index is 8.51. The molecule has 0 aromatic heterocycles. The molecule has 3 nitrogen and oxygen atoms in total. The molecule has 0 unspecified atom stereocenters. The standard InChI is InChI=1S/C8H7NO2/c1-2-3-7-8(6-9)11-5-4-10-7/h3H,1,4-5H2. The normalized spacial score (nSPS) is 15.5. The smallest absolute Gasteiger partial charge is 0.240 e. The summed E-state index contributed by atoms with van der Waals surface area (Å²) < 4.78 is 10.1. The van der Waals surface area contributed by atoms with Crippen LogP contribution < -0.4 is 0 Å². The third-order valence-electron chi connectivity index (χ3n) is 1.15. The Morgan fingerprint density at radius 1 is 1.45 bits per heavy atom. The van der Waals surface area contributed by atoms with Gasteiger partial charge in [-0.2, -0.15) is 5.26 Å². The first-order valence-corrected chi connectivity index (χ1v) is 3.14. The van der Waals surface area contributed by atoms with Crippen LogP contribution in [0.15, 0.2) is 29.9 Å². The number of nitrogens with zero attached hydrogens (tertiary/aromatic N) is 1. The molecule has 0 amide bonds. The van der Waals surface area contributed by atoms with Gasteiger partial charge in [-0.15, -0.1) is 5.73 Å². The summed E-state index contributed by atoms with van der Waals surface area (Å²) in [6.07, 6.45) is 1.48. The number of allylic oxidation sites excluding steroid dienone is 2. The van der Waals surface area contributed by atoms with Crippen molar-refractivity contribution in [1.29, 1.82) is 5.26 Å². The Morgan fingerprint density at radius 3 is 2.82 bits per heavy atom. The van der Waals surface area contributed by atoms with Gasteiger partial charge in [-0.25, -0.2) is 0 Å². The van der Waals surface area contributed by atoms with Gasteiger partial charge < -0.3 is 9.47 Å². The first-order valence-electron chi connectivity index (χ1n) is 3.14. The molecule has 0 saturated heterocycles. The zero-order chi connectivity index (χ0) is 8.10. The SMILES string of the molecule is C=C=CC1=C(C#N)OCCO1. The molecule has 0 atom stereocenters. The van der Waals surface area contributed by atoms with Gasteiger partial charge in [-0.3, -0.25) is 0 Å². The lowest BCUT2D eigenvalue weighted by molar-refractivity contribution is 0.0785. The van der Waals surface area contributed by atoms with E-state index in [2.05, 4.69) is 12.3 Å². The van der Waals surface area contributed by atoms with Gasteiger partial charge in [-0.05, 0) is 0 Å². The molecule has 0 aromatic carbocycles. The molecule has 0 bridgehead atoms. The lowest BCUT2D eigenvalue weighted by atomic mass is 10.4. The van der Waals surface area contributed by atoms with Crippen LogP contribution in [0, 0.1) is 11.3 Å². The van der Waals surface area contributed by atoms with Crippen LogP contribution in [0.3, 0.4) is 0 Å². The summed E-state index contributed by atoms with van der Waals surface area (Å²) in [5.41, 5.74) is 2.51. The van der Waals surface area contributed by atoms with Crippen molar-refractivity contribution in [3.8, 4) is 6.07 Å². The van der Waals surface area contributed by atoms with E-state index < -0.39 is 0 Å². The van der Waals surface area contributed by atoms with Crippen molar-refractivity contribution in [2.24, 2.45) is 0 Å². The summed E-state index contributed by atoms with van der Waals surface area (Å²) in [5.74, 6) is 0.612. The van der Waals surface area contributed by atoms with Gasteiger partial charge >= 0.3 is 0 Å². The molecule has 0 radical (unpaired) electrons. The average molecular weight is 149 g/mol. The maximum atomic E-state index is 8.51. The molecule has 1 aliphatic rings. The molecule has 56 valence electrons. The lowest BCUT2D eigenvalue weighted by Crippen LogP contribution is -2.11. The highest BCUT2D eigenvalue weighted by atomic mass is 16.6. The van der Waals surface area contributed by atoms with Gasteiger partial charge in [0, 0.05) is 6.08 Å². The molecule has 1 aliphatic heterocycles. The van der Waals surface area contributed by atoms with E-state index in [0.29, 0.717) is 19.0 Å². The van der Waals surface area contributed by atoms with Crippen LogP contribution in [-0.2, 0) is 9.47 Å². The van der Waals surface area contributed by atoms with Crippen LogP contribution in [0.25, 0.3) is 0 Å². The summed E-state index contributed by atoms with van der Waals surface area (Å²) in [6.45, 7) is 4.26. The van der Waals surface area contributed by atoms with Gasteiger partial charge in [0.05, 0.1) is 0 Å². The molecule has 1 heterocycles. The third kappa shape index (κ3) is 1.64. The van der Waals surface area contributed by atoms with E-state index in [-0.39, 0.29) is 5.76 Å². The van der Waals surface area contributed by atoms with Crippen LogP contribution >= 0.6 is 0 Å². The van der Waals surface area contributed by atoms with Gasteiger partial charge in [0.25, 0.3) is 0 Å². The molecule has 11 heavy (non-hydrogen) atoms. The van der Waals surface area contributed by atoms with Crippen molar-refractivity contribution in [2.45, 2.75) is 0 Å². The first-order chi connectivity index (χ1) is 5.38. The molecule has 0 N–H and O–H groups in total. The molecule has 1 rings (SSSR count). The van der Waals surface area contributed by atoms with Crippen LogP contribution in [0.2, 0.25) is 0 Å². The van der Waals surface area contributed by atoms with E-state index in [1.54, 1.807) is 0 Å². The molecule has 3 heteroatoms. The minimum atomic E-state index is 0.201. The summed E-state index contributed by atoms with van der Waals surface area (Å²) >= 11 is 0. The second kappa shape index (κ2) is 3.50. The Morgan fingerprint density at radius 2 is 2.18 bits per heavy atom. The highest BCUT2D eigenvalue weighted by molar-refractivity contribution is 5.26. The molecular weight excluding hydrogens is 142 g/mol. The van der Waals surface area contributed by atoms with Crippen molar-refractivity contribution < 1.29 is 9.47 Å². The van der Waals surface area contributed by atoms with Crippen LogP contribution in [0.5, 0.6) is 0 Å². The van der Waals surface area contributed by atoms with E-state index in [1.807, 2.05) is 6.07 Å². The van der Waals surface area contributed by atoms with Crippen molar-refractivity contribution in [3.63, 3.8) is 0 Å². The monoisotopic (exact) mass is 149 g/mol. The van der Waals surface area contributed by atoms with Crippen LogP contribution in [0.4, 0.5) is 0 Å². The van der Waals surface area contributed by atoms with E-state index in [9.17, 15) is 0 Å². The van der Waals surface area contributed by atoms with Crippen molar-refractivity contribution >= 4 is 0 Å². The van der Waals surface area contributed by atoms with Crippen molar-refractivity contribution in [1.82, 2.24) is 0 Å². The fourth-order valence-corrected chi connectivity index (χ4v) is 0.719. The van der Waals surface area contributed by atoms with Gasteiger partial charge in [0.1, 0.15) is 19.3 Å². The zero-order valence-corrected chi connectivity index (χ0v) is 5.96. The van der Waals surface area contributed by atoms with E-state index in [1.165, 1.54) is 6.08 Å². The first kappa shape index (κ1) is 7.46. The number of nitriles is 1. The fraction of sp³-hybridized carbons (Fsp3) is 0.250. The van der Waals surface area contributed by atoms with E-state index in [0.717, 1.165) is 0 Å². The van der Waals surface area contributed by atoms with Crippen LogP contribution in [-0.4, -0.2) is 13.2 Å². The van der Waals surface area contributed by atoms with E-state index >= 15 is 0 Å². The Labute approximate surface area is 64.8 Å². The highest BCUT2D eigenvalue weighted by Crippen LogP contribution is 2.12. The summed E-state index contributed by atoms with van der Waals surface area (Å²) in [7, 11) is 0. The Hall–Kier alpha value is -1.65. The third-order valence-corrected chi connectivity index (χ3v) is 1.15. The second-order valence-electron chi connectivity index (χ2n) is 1.85.